The maximum absolute atomic E-state index is 12.4. The van der Waals surface area contributed by atoms with Gasteiger partial charge in [-0.15, -0.1) is 0 Å². The average Bonchev–Trinajstić information content (AvgIpc) is 3.20. The molecule has 0 unspecified atom stereocenters. The number of carboxylic acid groups (broad SMARTS) is 1. The molecule has 2 saturated heterocycles. The summed E-state index contributed by atoms with van der Waals surface area (Å²) in [6.07, 6.45) is 10.1. The van der Waals surface area contributed by atoms with Gasteiger partial charge >= 0.3 is 18.2 Å². The number of fused-ring (bicyclic) bond motifs is 2. The molecule has 0 saturated carbocycles. The summed E-state index contributed by atoms with van der Waals surface area (Å²) in [6.45, 7) is 16.5. The van der Waals surface area contributed by atoms with Gasteiger partial charge in [-0.3, -0.25) is 9.59 Å². The molecule has 15 nitrogen and oxygen atoms in total. The van der Waals surface area contributed by atoms with E-state index in [2.05, 4.69) is 45.2 Å². The highest BCUT2D eigenvalue weighted by Crippen LogP contribution is 2.23. The lowest BCUT2D eigenvalue weighted by molar-refractivity contribution is -0.143. The second-order valence-corrected chi connectivity index (χ2v) is 17.8. The van der Waals surface area contributed by atoms with Gasteiger partial charge in [0.1, 0.15) is 22.8 Å². The van der Waals surface area contributed by atoms with Crippen molar-refractivity contribution in [3.8, 4) is 0 Å². The summed E-state index contributed by atoms with van der Waals surface area (Å²) < 4.78 is 10.6. The molecule has 0 radical (unpaired) electrons. The normalized spacial score (nSPS) is 16.9. The lowest BCUT2D eigenvalue weighted by atomic mass is 9.96. The monoisotopic (exact) mass is 823 g/mol. The molecule has 0 spiro atoms. The van der Waals surface area contributed by atoms with Gasteiger partial charge in [0.2, 0.25) is 5.91 Å². The first-order valence-corrected chi connectivity index (χ1v) is 21.6. The number of aromatic nitrogens is 2. The van der Waals surface area contributed by atoms with Crippen molar-refractivity contribution < 1.29 is 33.8 Å². The lowest BCUT2D eigenvalue weighted by Gasteiger charge is -2.32. The summed E-state index contributed by atoms with van der Waals surface area (Å²) >= 11 is 0. The molecule has 4 aliphatic rings. The second kappa shape index (κ2) is 22.6. The average molecular weight is 823 g/mol. The van der Waals surface area contributed by atoms with Crippen LogP contribution in [0.4, 0.5) is 21.2 Å². The minimum atomic E-state index is -0.774. The Hall–Kier alpha value is -4.66. The zero-order valence-electron chi connectivity index (χ0n) is 36.4. The fourth-order valence-electron chi connectivity index (χ4n) is 7.21. The summed E-state index contributed by atoms with van der Waals surface area (Å²) in [5, 5.41) is 18.6. The van der Waals surface area contributed by atoms with Crippen molar-refractivity contribution in [2.45, 2.75) is 130 Å². The summed E-state index contributed by atoms with van der Waals surface area (Å²) in [5.41, 5.74) is 9.36. The summed E-state index contributed by atoms with van der Waals surface area (Å²) in [5.74, 6) is 1.08. The number of carbonyl (C=O) groups is 4. The Kier molecular flexibility index (Phi) is 18.0. The Morgan fingerprint density at radius 3 is 1.59 bits per heavy atom. The zero-order chi connectivity index (χ0) is 43.0. The van der Waals surface area contributed by atoms with Crippen molar-refractivity contribution in [3.05, 3.63) is 46.8 Å². The van der Waals surface area contributed by atoms with E-state index in [1.165, 1.54) is 17.5 Å². The van der Waals surface area contributed by atoms with E-state index in [1.807, 2.05) is 41.5 Å². The minimum Gasteiger partial charge on any atom is -0.481 e. The number of carboxylic acids is 1. The van der Waals surface area contributed by atoms with Crippen LogP contribution >= 0.6 is 0 Å². The SMILES string of the molecule is CC(C)(C)OC(=O)N1CCC(C(=O)NCCCc2ccc3c(n2)NCCC3)CC1.CC(C)(C)OC(=O)N1CCC(C(=O)O)CC1.NCCCc1ccc2c(n1)NCCC2. The quantitative estimate of drug-likeness (QED) is 0.180. The number of pyridine rings is 2. The molecule has 0 bridgehead atoms. The van der Waals surface area contributed by atoms with Crippen LogP contribution in [0.1, 0.15) is 115 Å². The van der Waals surface area contributed by atoms with Crippen LogP contribution in [0.25, 0.3) is 0 Å². The van der Waals surface area contributed by atoms with E-state index in [-0.39, 0.29) is 29.9 Å². The lowest BCUT2D eigenvalue weighted by Crippen LogP contribution is -2.45. The smallest absolute Gasteiger partial charge is 0.410 e. The standard InChI is InChI=1S/C22H34N4O3.C11H17N3.C11H19NO4/c1-22(2,3)29-21(28)26-14-10-17(11-15-26)20(27)24-13-5-7-18-9-8-16-6-4-12-23-19(16)25-18;12-7-1-4-10-6-5-9-3-2-8-13-11(9)14-10;1-11(2,3)16-10(15)12-6-4-8(5-7-12)9(13)14/h8-9,17H,4-7,10-15H2,1-3H3,(H,23,25)(H,24,27);5-6H,1-4,7-8,12H2,(H,13,14);8H,4-7H2,1-3H3,(H,13,14). The molecule has 2 fully saturated rings. The number of likely N-dealkylation sites (tertiary alicyclic amines) is 2. The van der Waals surface area contributed by atoms with E-state index < -0.39 is 17.2 Å². The highest BCUT2D eigenvalue weighted by atomic mass is 16.6. The number of nitrogens with one attached hydrogen (secondary N) is 3. The number of piperidine rings is 2. The fourth-order valence-corrected chi connectivity index (χ4v) is 7.21. The molecular weight excluding hydrogens is 753 g/mol. The highest BCUT2D eigenvalue weighted by Gasteiger charge is 2.31. The summed E-state index contributed by atoms with van der Waals surface area (Å²) in [6, 6.07) is 8.59. The molecule has 3 amide bonds. The van der Waals surface area contributed by atoms with Gasteiger partial charge in [0, 0.05) is 63.1 Å². The molecule has 2 aromatic heterocycles. The van der Waals surface area contributed by atoms with Crippen LogP contribution in [0.15, 0.2) is 24.3 Å². The number of anilines is 2. The number of rotatable bonds is 9. The number of aryl methyl sites for hydroxylation is 4. The van der Waals surface area contributed by atoms with Crippen molar-refractivity contribution in [3.63, 3.8) is 0 Å². The summed E-state index contributed by atoms with van der Waals surface area (Å²) in [7, 11) is 0. The van der Waals surface area contributed by atoms with Gasteiger partial charge in [0.05, 0.1) is 5.92 Å². The highest BCUT2D eigenvalue weighted by molar-refractivity contribution is 5.79. The Labute approximate surface area is 351 Å². The Morgan fingerprint density at radius 2 is 1.17 bits per heavy atom. The third kappa shape index (κ3) is 16.5. The van der Waals surface area contributed by atoms with Gasteiger partial charge in [-0.1, -0.05) is 12.1 Å². The molecule has 6 rings (SSSR count). The van der Waals surface area contributed by atoms with Gasteiger partial charge < -0.3 is 46.1 Å². The van der Waals surface area contributed by atoms with Gasteiger partial charge in [0.25, 0.3) is 0 Å². The Bertz CT molecular complexity index is 1680. The van der Waals surface area contributed by atoms with Crippen LogP contribution in [0.2, 0.25) is 0 Å². The largest absolute Gasteiger partial charge is 0.481 e. The van der Waals surface area contributed by atoms with E-state index in [1.54, 1.807) is 9.80 Å². The van der Waals surface area contributed by atoms with Crippen LogP contribution in [0.5, 0.6) is 0 Å². The van der Waals surface area contributed by atoms with Crippen LogP contribution in [0, 0.1) is 11.8 Å². The maximum Gasteiger partial charge on any atom is 0.410 e. The third-order valence-electron chi connectivity index (χ3n) is 10.5. The fraction of sp³-hybridized carbons (Fsp3) is 0.682. The number of nitrogens with zero attached hydrogens (tertiary/aromatic N) is 4. The second-order valence-electron chi connectivity index (χ2n) is 17.8. The molecule has 4 aliphatic heterocycles. The number of ether oxygens (including phenoxy) is 2. The topological polar surface area (TPSA) is 201 Å². The predicted octanol–water partition coefficient (Wildman–Crippen LogP) is 6.18. The molecule has 59 heavy (non-hydrogen) atoms. The first-order chi connectivity index (χ1) is 28.0. The maximum atomic E-state index is 12.4. The molecular formula is C44H70N8O7. The van der Waals surface area contributed by atoms with Crippen LogP contribution < -0.4 is 21.7 Å². The molecule has 0 aromatic carbocycles. The predicted molar refractivity (Wildman–Crippen MR) is 229 cm³/mol. The molecule has 0 atom stereocenters. The number of hydrogen-bond donors (Lipinski definition) is 5. The van der Waals surface area contributed by atoms with Crippen molar-refractivity contribution in [1.82, 2.24) is 25.1 Å². The Morgan fingerprint density at radius 1 is 0.729 bits per heavy atom. The third-order valence-corrected chi connectivity index (χ3v) is 10.5. The van der Waals surface area contributed by atoms with Crippen molar-refractivity contribution in [2.24, 2.45) is 17.6 Å². The van der Waals surface area contributed by atoms with Crippen LogP contribution in [0.3, 0.4) is 0 Å². The van der Waals surface area contributed by atoms with Crippen LogP contribution in [-0.4, -0.2) is 112 Å². The summed E-state index contributed by atoms with van der Waals surface area (Å²) in [4.78, 5) is 59.5. The first-order valence-electron chi connectivity index (χ1n) is 21.6. The van der Waals surface area contributed by atoms with Crippen molar-refractivity contribution in [1.29, 1.82) is 0 Å². The number of aliphatic carboxylic acids is 1. The van der Waals surface area contributed by atoms with E-state index in [4.69, 9.17) is 25.3 Å². The van der Waals surface area contributed by atoms with E-state index >= 15 is 0 Å². The molecule has 328 valence electrons. The van der Waals surface area contributed by atoms with Gasteiger partial charge in [-0.2, -0.15) is 0 Å². The van der Waals surface area contributed by atoms with E-state index in [0.717, 1.165) is 87.6 Å². The Balaban J connectivity index is 0.000000216. The molecule has 15 heteroatoms. The number of carbonyl (C=O) groups excluding carboxylic acids is 3. The number of hydrogen-bond acceptors (Lipinski definition) is 11. The molecule has 6 heterocycles. The molecule has 2 aromatic rings. The van der Waals surface area contributed by atoms with Crippen molar-refractivity contribution in [2.75, 3.05) is 63.0 Å². The minimum absolute atomic E-state index is 0.0280. The molecule has 0 aliphatic carbocycles. The van der Waals surface area contributed by atoms with Gasteiger partial charge in [-0.05, 0) is 148 Å². The van der Waals surface area contributed by atoms with E-state index in [9.17, 15) is 19.2 Å². The van der Waals surface area contributed by atoms with E-state index in [0.29, 0.717) is 58.4 Å². The molecule has 6 N–H and O–H groups in total. The number of nitrogens with two attached hydrogens (primary N) is 1. The van der Waals surface area contributed by atoms with Gasteiger partial charge in [0.15, 0.2) is 0 Å². The number of amides is 3. The van der Waals surface area contributed by atoms with Crippen LogP contribution in [-0.2, 0) is 44.7 Å². The zero-order valence-corrected chi connectivity index (χ0v) is 36.4. The first kappa shape index (κ1) is 47.0. The van der Waals surface area contributed by atoms with Gasteiger partial charge in [-0.25, -0.2) is 19.6 Å². The van der Waals surface area contributed by atoms with Crippen molar-refractivity contribution >= 4 is 35.7 Å².